The first kappa shape index (κ1) is 31.9. The van der Waals surface area contributed by atoms with Gasteiger partial charge < -0.3 is 10.2 Å². The van der Waals surface area contributed by atoms with E-state index < -0.39 is 28.7 Å². The van der Waals surface area contributed by atoms with Crippen molar-refractivity contribution in [2.45, 2.75) is 66.1 Å². The highest BCUT2D eigenvalue weighted by Crippen LogP contribution is 2.27. The highest BCUT2D eigenvalue weighted by atomic mass is 35.5. The second kappa shape index (κ2) is 13.6. The lowest BCUT2D eigenvalue weighted by Crippen LogP contribution is -2.54. The quantitative estimate of drug-likeness (QED) is 0.382. The Morgan fingerprint density at radius 1 is 1.00 bits per heavy atom. The van der Waals surface area contributed by atoms with Crippen molar-refractivity contribution < 1.29 is 18.0 Å². The summed E-state index contributed by atoms with van der Waals surface area (Å²) in [6.07, 6.45) is 1.05. The van der Waals surface area contributed by atoms with Crippen LogP contribution in [0, 0.1) is 13.8 Å². The highest BCUT2D eigenvalue weighted by molar-refractivity contribution is 7.90. The maximum Gasteiger partial charge on any atom is 0.304 e. The number of amides is 2. The van der Waals surface area contributed by atoms with Gasteiger partial charge in [0.1, 0.15) is 12.6 Å². The Kier molecular flexibility index (Phi) is 11.4. The van der Waals surface area contributed by atoms with Crippen LogP contribution in [-0.4, -0.2) is 62.2 Å². The van der Waals surface area contributed by atoms with Gasteiger partial charge in [-0.25, -0.2) is 4.31 Å². The number of carbonyl (C=O) groups excluding carboxylic acids is 2. The third-order valence-electron chi connectivity index (χ3n) is 6.39. The number of nitrogens with one attached hydrogen (secondary N) is 1. The molecule has 2 rings (SSSR count). The maximum absolute atomic E-state index is 14.0. The minimum absolute atomic E-state index is 0.00389. The number of benzene rings is 2. The van der Waals surface area contributed by atoms with Crippen LogP contribution in [0.4, 0.5) is 5.69 Å². The van der Waals surface area contributed by atoms with Crippen molar-refractivity contribution in [3.63, 3.8) is 0 Å². The molecule has 1 N–H and O–H groups in total. The van der Waals surface area contributed by atoms with Gasteiger partial charge in [-0.15, -0.1) is 0 Å². The van der Waals surface area contributed by atoms with E-state index in [1.165, 1.54) is 19.0 Å². The van der Waals surface area contributed by atoms with Crippen LogP contribution in [0.25, 0.3) is 0 Å². The minimum atomic E-state index is -4.05. The number of carbonyl (C=O) groups is 2. The molecule has 0 aliphatic heterocycles. The van der Waals surface area contributed by atoms with Crippen molar-refractivity contribution in [3.05, 3.63) is 63.1 Å². The Hall–Kier alpha value is -2.33. The lowest BCUT2D eigenvalue weighted by Gasteiger charge is -2.35. The van der Waals surface area contributed by atoms with Gasteiger partial charge in [0, 0.05) is 36.7 Å². The predicted octanol–water partition coefficient (Wildman–Crippen LogP) is 4.95. The molecule has 0 radical (unpaired) electrons. The molecular weight excluding hydrogens is 547 g/mol. The summed E-state index contributed by atoms with van der Waals surface area (Å²) in [6.45, 7) is 8.80. The molecule has 0 saturated carbocycles. The molecule has 0 spiro atoms. The van der Waals surface area contributed by atoms with Gasteiger partial charge in [-0.2, -0.15) is 12.7 Å². The number of nitrogens with zero attached hydrogens (tertiary/aromatic N) is 3. The van der Waals surface area contributed by atoms with Crippen LogP contribution in [0.1, 0.15) is 50.3 Å². The summed E-state index contributed by atoms with van der Waals surface area (Å²) in [6, 6.07) is 9.42. The molecule has 11 heteroatoms. The predicted molar refractivity (Wildman–Crippen MR) is 155 cm³/mol. The zero-order valence-electron chi connectivity index (χ0n) is 23.1. The van der Waals surface area contributed by atoms with Crippen LogP contribution in [0.2, 0.25) is 10.0 Å². The molecule has 38 heavy (non-hydrogen) atoms. The van der Waals surface area contributed by atoms with Crippen LogP contribution in [0.3, 0.4) is 0 Å². The van der Waals surface area contributed by atoms with Gasteiger partial charge in [0.25, 0.3) is 0 Å². The summed E-state index contributed by atoms with van der Waals surface area (Å²) in [4.78, 5) is 28.7. The number of anilines is 1. The fourth-order valence-corrected chi connectivity index (χ4v) is 5.47. The smallest absolute Gasteiger partial charge is 0.304 e. The lowest BCUT2D eigenvalue weighted by atomic mass is 10.1. The standard InChI is InChI=1S/C27H38Cl2N4O4S/c1-8-20(5)30-27(35)24(9-2)32(16-21-12-13-22(28)15-23(21)29)26(34)17-33(38(36,37)31(6)7)25-14-18(3)10-11-19(25)4/h10-15,20,24H,8-9,16-17H2,1-7H3,(H,30,35). The molecule has 2 aromatic carbocycles. The second-order valence-corrected chi connectivity index (χ2v) is 12.5. The fraction of sp³-hybridized carbons (Fsp3) is 0.481. The monoisotopic (exact) mass is 584 g/mol. The van der Waals surface area contributed by atoms with Gasteiger partial charge >= 0.3 is 10.2 Å². The average Bonchev–Trinajstić information content (AvgIpc) is 2.84. The summed E-state index contributed by atoms with van der Waals surface area (Å²) in [5.74, 6) is -0.845. The molecule has 2 amide bonds. The Morgan fingerprint density at radius 2 is 1.66 bits per heavy atom. The first-order chi connectivity index (χ1) is 17.7. The molecule has 0 aromatic heterocycles. The number of aryl methyl sites for hydroxylation is 2. The van der Waals surface area contributed by atoms with Crippen molar-refractivity contribution in [1.29, 1.82) is 0 Å². The number of hydrogen-bond donors (Lipinski definition) is 1. The third kappa shape index (κ3) is 7.85. The van der Waals surface area contributed by atoms with E-state index in [4.69, 9.17) is 23.2 Å². The van der Waals surface area contributed by atoms with E-state index >= 15 is 0 Å². The van der Waals surface area contributed by atoms with Crippen molar-refractivity contribution in [2.75, 3.05) is 24.9 Å². The molecule has 8 nitrogen and oxygen atoms in total. The van der Waals surface area contributed by atoms with Gasteiger partial charge in [0.05, 0.1) is 5.69 Å². The van der Waals surface area contributed by atoms with Gasteiger partial charge in [0.2, 0.25) is 11.8 Å². The average molecular weight is 586 g/mol. The molecule has 0 saturated heterocycles. The number of hydrogen-bond acceptors (Lipinski definition) is 4. The Labute approximate surface area is 237 Å². The summed E-state index contributed by atoms with van der Waals surface area (Å²) in [5, 5.41) is 3.74. The molecular formula is C27H38Cl2N4O4S. The fourth-order valence-electron chi connectivity index (χ4n) is 3.88. The normalized spacial score (nSPS) is 13.2. The van der Waals surface area contributed by atoms with Gasteiger partial charge in [-0.3, -0.25) is 9.59 Å². The van der Waals surface area contributed by atoms with Crippen LogP contribution >= 0.6 is 23.2 Å². The van der Waals surface area contributed by atoms with Crippen LogP contribution < -0.4 is 9.62 Å². The molecule has 0 aliphatic carbocycles. The maximum atomic E-state index is 14.0. The van der Waals surface area contributed by atoms with E-state index in [9.17, 15) is 18.0 Å². The van der Waals surface area contributed by atoms with E-state index in [1.807, 2.05) is 39.8 Å². The molecule has 0 bridgehead atoms. The molecule has 210 valence electrons. The van der Waals surface area contributed by atoms with Gasteiger partial charge in [0.15, 0.2) is 0 Å². The van der Waals surface area contributed by atoms with E-state index in [1.54, 1.807) is 31.2 Å². The van der Waals surface area contributed by atoms with E-state index in [0.717, 1.165) is 20.6 Å². The first-order valence-electron chi connectivity index (χ1n) is 12.5. The Balaban J connectivity index is 2.59. The zero-order valence-corrected chi connectivity index (χ0v) is 25.4. The largest absolute Gasteiger partial charge is 0.352 e. The van der Waals surface area contributed by atoms with Crippen molar-refractivity contribution in [3.8, 4) is 0 Å². The molecule has 2 aromatic rings. The van der Waals surface area contributed by atoms with Gasteiger partial charge in [-0.1, -0.05) is 55.2 Å². The summed E-state index contributed by atoms with van der Waals surface area (Å²) < 4.78 is 29.0. The molecule has 2 atom stereocenters. The van der Waals surface area contributed by atoms with Crippen molar-refractivity contribution in [1.82, 2.24) is 14.5 Å². The first-order valence-corrected chi connectivity index (χ1v) is 14.7. The SMILES string of the molecule is CCC(C)NC(=O)C(CC)N(Cc1ccc(Cl)cc1Cl)C(=O)CN(c1cc(C)ccc1C)S(=O)(=O)N(C)C. The molecule has 0 heterocycles. The van der Waals surface area contributed by atoms with E-state index in [2.05, 4.69) is 5.32 Å². The molecule has 0 aliphatic rings. The van der Waals surface area contributed by atoms with Crippen molar-refractivity contribution >= 4 is 50.9 Å². The minimum Gasteiger partial charge on any atom is -0.352 e. The summed E-state index contributed by atoms with van der Waals surface area (Å²) in [7, 11) is -1.22. The van der Waals surface area contributed by atoms with Crippen LogP contribution in [0.5, 0.6) is 0 Å². The number of rotatable bonds is 12. The van der Waals surface area contributed by atoms with Crippen LogP contribution in [-0.2, 0) is 26.3 Å². The number of halogens is 2. The summed E-state index contributed by atoms with van der Waals surface area (Å²) in [5.41, 5.74) is 2.53. The van der Waals surface area contributed by atoms with Crippen molar-refractivity contribution in [2.24, 2.45) is 0 Å². The zero-order chi connectivity index (χ0) is 28.8. The van der Waals surface area contributed by atoms with E-state index in [-0.39, 0.29) is 18.5 Å². The molecule has 0 fully saturated rings. The second-order valence-electron chi connectivity index (χ2n) is 9.59. The highest BCUT2D eigenvalue weighted by Gasteiger charge is 2.34. The van der Waals surface area contributed by atoms with Crippen LogP contribution in [0.15, 0.2) is 36.4 Å². The van der Waals surface area contributed by atoms with Gasteiger partial charge in [-0.05, 0) is 68.5 Å². The van der Waals surface area contributed by atoms with E-state index in [0.29, 0.717) is 33.3 Å². The summed E-state index contributed by atoms with van der Waals surface area (Å²) >= 11 is 12.5. The Morgan fingerprint density at radius 3 is 2.21 bits per heavy atom. The third-order valence-corrected chi connectivity index (χ3v) is 8.79. The molecule has 2 unspecified atom stereocenters. The topological polar surface area (TPSA) is 90.0 Å². The Bertz CT molecular complexity index is 1250. The lowest BCUT2D eigenvalue weighted by molar-refractivity contribution is -0.140.